The van der Waals surface area contributed by atoms with Crippen LogP contribution in [0.2, 0.25) is 0 Å². The number of carbonyl (C=O) groups excluding carboxylic acids is 1. The summed E-state index contributed by atoms with van der Waals surface area (Å²) >= 11 is 0. The second-order valence-corrected chi connectivity index (χ2v) is 5.95. The van der Waals surface area contributed by atoms with E-state index in [9.17, 15) is 4.79 Å². The van der Waals surface area contributed by atoms with E-state index in [1.807, 2.05) is 35.9 Å². The van der Waals surface area contributed by atoms with Crippen LogP contribution in [0.15, 0.2) is 48.8 Å². The molecule has 0 spiro atoms. The van der Waals surface area contributed by atoms with Gasteiger partial charge in [-0.15, -0.1) is 0 Å². The highest BCUT2D eigenvalue weighted by molar-refractivity contribution is 5.90. The van der Waals surface area contributed by atoms with E-state index >= 15 is 0 Å². The van der Waals surface area contributed by atoms with Crippen LogP contribution in [0.1, 0.15) is 29.7 Å². The van der Waals surface area contributed by atoms with Crippen LogP contribution in [0.4, 0.5) is 5.69 Å². The number of amides is 1. The Morgan fingerprint density at radius 2 is 1.87 bits per heavy atom. The number of nitrogens with zero attached hydrogens (tertiary/aromatic N) is 2. The molecule has 0 bridgehead atoms. The average Bonchev–Trinajstić information content (AvgIpc) is 2.88. The van der Waals surface area contributed by atoms with Crippen LogP contribution in [-0.2, 0) is 11.2 Å². The number of nitrogens with one attached hydrogen (secondary N) is 1. The zero-order valence-corrected chi connectivity index (χ0v) is 13.5. The molecule has 3 rings (SSSR count). The zero-order chi connectivity index (χ0) is 16.2. The van der Waals surface area contributed by atoms with Crippen LogP contribution < -0.4 is 5.32 Å². The summed E-state index contributed by atoms with van der Waals surface area (Å²) in [6, 6.07) is 12.3. The summed E-state index contributed by atoms with van der Waals surface area (Å²) in [5.41, 5.74) is 5.19. The Morgan fingerprint density at radius 1 is 1.09 bits per heavy atom. The predicted octanol–water partition coefficient (Wildman–Crippen LogP) is 3.91. The lowest BCUT2D eigenvalue weighted by Gasteiger charge is -2.06. The van der Waals surface area contributed by atoms with Crippen molar-refractivity contribution in [2.45, 2.75) is 33.1 Å². The van der Waals surface area contributed by atoms with Crippen LogP contribution in [0.5, 0.6) is 0 Å². The number of carbonyl (C=O) groups is 1. The van der Waals surface area contributed by atoms with Crippen molar-refractivity contribution >= 4 is 17.2 Å². The molecule has 0 aliphatic carbocycles. The quantitative estimate of drug-likeness (QED) is 0.776. The maximum Gasteiger partial charge on any atom is 0.224 e. The van der Waals surface area contributed by atoms with Crippen molar-refractivity contribution < 1.29 is 4.79 Å². The largest absolute Gasteiger partial charge is 0.325 e. The number of pyridine rings is 1. The third-order valence-electron chi connectivity index (χ3n) is 3.85. The normalized spacial score (nSPS) is 10.9. The number of aryl methyl sites for hydroxylation is 3. The van der Waals surface area contributed by atoms with E-state index < -0.39 is 0 Å². The van der Waals surface area contributed by atoms with Crippen molar-refractivity contribution in [2.75, 3.05) is 5.32 Å². The number of imidazole rings is 1. The summed E-state index contributed by atoms with van der Waals surface area (Å²) in [6.07, 6.45) is 6.14. The highest BCUT2D eigenvalue weighted by Crippen LogP contribution is 2.13. The molecule has 1 aromatic carbocycles. The van der Waals surface area contributed by atoms with Gasteiger partial charge in [0.15, 0.2) is 0 Å². The molecule has 0 saturated heterocycles. The lowest BCUT2D eigenvalue weighted by atomic mass is 10.1. The number of hydrogen-bond acceptors (Lipinski definition) is 2. The van der Waals surface area contributed by atoms with Gasteiger partial charge in [-0.05, 0) is 44.4 Å². The fourth-order valence-corrected chi connectivity index (χ4v) is 2.62. The number of anilines is 1. The molecule has 118 valence electrons. The monoisotopic (exact) mass is 307 g/mol. The number of fused-ring (bicyclic) bond motifs is 1. The Labute approximate surface area is 136 Å². The minimum absolute atomic E-state index is 0.0494. The van der Waals surface area contributed by atoms with Gasteiger partial charge >= 0.3 is 0 Å². The third kappa shape index (κ3) is 3.97. The molecule has 0 aliphatic rings. The molecule has 0 radical (unpaired) electrons. The number of hydrogen-bond donors (Lipinski definition) is 1. The van der Waals surface area contributed by atoms with E-state index in [0.29, 0.717) is 6.42 Å². The minimum Gasteiger partial charge on any atom is -0.325 e. The van der Waals surface area contributed by atoms with Crippen LogP contribution in [0.25, 0.3) is 5.65 Å². The second kappa shape index (κ2) is 6.65. The molecule has 23 heavy (non-hydrogen) atoms. The van der Waals surface area contributed by atoms with Gasteiger partial charge in [-0.3, -0.25) is 4.79 Å². The lowest BCUT2D eigenvalue weighted by Crippen LogP contribution is -2.11. The fraction of sp³-hybridized carbons (Fsp3) is 0.263. The highest BCUT2D eigenvalue weighted by atomic mass is 16.1. The summed E-state index contributed by atoms with van der Waals surface area (Å²) in [7, 11) is 0. The maximum atomic E-state index is 12.1. The summed E-state index contributed by atoms with van der Waals surface area (Å²) in [4.78, 5) is 16.4. The first-order valence-corrected chi connectivity index (χ1v) is 7.91. The van der Waals surface area contributed by atoms with Gasteiger partial charge in [0, 0.05) is 18.8 Å². The smallest absolute Gasteiger partial charge is 0.224 e. The van der Waals surface area contributed by atoms with Crippen molar-refractivity contribution in [2.24, 2.45) is 0 Å². The first-order chi connectivity index (χ1) is 11.1. The van der Waals surface area contributed by atoms with Gasteiger partial charge in [-0.25, -0.2) is 4.98 Å². The Bertz CT molecular complexity index is 818. The summed E-state index contributed by atoms with van der Waals surface area (Å²) < 4.78 is 1.93. The molecule has 4 heteroatoms. The van der Waals surface area contributed by atoms with E-state index in [0.717, 1.165) is 29.9 Å². The van der Waals surface area contributed by atoms with E-state index in [-0.39, 0.29) is 5.91 Å². The Balaban J connectivity index is 1.52. The first kappa shape index (κ1) is 15.3. The molecule has 4 nitrogen and oxygen atoms in total. The second-order valence-electron chi connectivity index (χ2n) is 5.95. The van der Waals surface area contributed by atoms with E-state index in [1.165, 1.54) is 11.1 Å². The number of aromatic nitrogens is 2. The summed E-state index contributed by atoms with van der Waals surface area (Å²) in [6.45, 7) is 4.03. The van der Waals surface area contributed by atoms with Gasteiger partial charge in [-0.1, -0.05) is 29.8 Å². The molecule has 2 aromatic heterocycles. The highest BCUT2D eigenvalue weighted by Gasteiger charge is 2.05. The standard InChI is InChI=1S/C19H21N3O/c1-14-6-8-16(9-7-14)4-3-5-19(23)21-17-10-11-18-20-15(2)12-22(18)13-17/h6-13H,3-5H2,1-2H3,(H,21,23). The molecule has 1 amide bonds. The average molecular weight is 307 g/mol. The van der Waals surface area contributed by atoms with Gasteiger partial charge in [0.25, 0.3) is 0 Å². The van der Waals surface area contributed by atoms with Crippen molar-refractivity contribution in [1.82, 2.24) is 9.38 Å². The number of rotatable bonds is 5. The van der Waals surface area contributed by atoms with Gasteiger partial charge in [0.1, 0.15) is 5.65 Å². The van der Waals surface area contributed by atoms with Crippen LogP contribution in [-0.4, -0.2) is 15.3 Å². The molecule has 1 N–H and O–H groups in total. The molecular formula is C19H21N3O. The van der Waals surface area contributed by atoms with Crippen molar-refractivity contribution in [3.05, 3.63) is 65.6 Å². The minimum atomic E-state index is 0.0494. The molecule has 2 heterocycles. The zero-order valence-electron chi connectivity index (χ0n) is 13.5. The molecule has 3 aromatic rings. The lowest BCUT2D eigenvalue weighted by molar-refractivity contribution is -0.116. The number of benzene rings is 1. The molecule has 0 saturated carbocycles. The van der Waals surface area contributed by atoms with Gasteiger partial charge in [0.2, 0.25) is 5.91 Å². The SMILES string of the molecule is Cc1ccc(CCCC(=O)Nc2ccc3nc(C)cn3c2)cc1. The van der Waals surface area contributed by atoms with Crippen LogP contribution in [0.3, 0.4) is 0 Å². The van der Waals surface area contributed by atoms with Gasteiger partial charge in [0.05, 0.1) is 11.4 Å². The first-order valence-electron chi connectivity index (χ1n) is 7.91. The fourth-order valence-electron chi connectivity index (χ4n) is 2.62. The van der Waals surface area contributed by atoms with E-state index in [2.05, 4.69) is 41.5 Å². The molecule has 0 atom stereocenters. The van der Waals surface area contributed by atoms with Crippen molar-refractivity contribution in [1.29, 1.82) is 0 Å². The Hall–Kier alpha value is -2.62. The molecule has 0 unspecified atom stereocenters. The van der Waals surface area contributed by atoms with Crippen LogP contribution >= 0.6 is 0 Å². The van der Waals surface area contributed by atoms with E-state index in [1.54, 1.807) is 0 Å². The maximum absolute atomic E-state index is 12.1. The topological polar surface area (TPSA) is 46.4 Å². The van der Waals surface area contributed by atoms with Crippen LogP contribution in [0, 0.1) is 13.8 Å². The molecule has 0 aliphatic heterocycles. The van der Waals surface area contributed by atoms with Crippen molar-refractivity contribution in [3.63, 3.8) is 0 Å². The molecule has 0 fully saturated rings. The van der Waals surface area contributed by atoms with Gasteiger partial charge in [-0.2, -0.15) is 0 Å². The van der Waals surface area contributed by atoms with Gasteiger partial charge < -0.3 is 9.72 Å². The predicted molar refractivity (Wildman–Crippen MR) is 92.7 cm³/mol. The summed E-state index contributed by atoms with van der Waals surface area (Å²) in [5.74, 6) is 0.0494. The Kier molecular flexibility index (Phi) is 4.42. The van der Waals surface area contributed by atoms with Crippen molar-refractivity contribution in [3.8, 4) is 0 Å². The summed E-state index contributed by atoms with van der Waals surface area (Å²) in [5, 5.41) is 2.95. The molecular weight excluding hydrogens is 286 g/mol. The third-order valence-corrected chi connectivity index (χ3v) is 3.85. The van der Waals surface area contributed by atoms with E-state index in [4.69, 9.17) is 0 Å². The Morgan fingerprint density at radius 3 is 2.65 bits per heavy atom.